The molecule has 16 heavy (non-hydrogen) atoms. The zero-order valence-corrected chi connectivity index (χ0v) is 9.31. The summed E-state index contributed by atoms with van der Waals surface area (Å²) in [5, 5.41) is 11.5. The van der Waals surface area contributed by atoms with Gasteiger partial charge in [-0.05, 0) is 57.6 Å². The van der Waals surface area contributed by atoms with Crippen molar-refractivity contribution in [3.05, 3.63) is 0 Å². The van der Waals surface area contributed by atoms with E-state index in [9.17, 15) is 9.90 Å². The molecule has 1 amide bonds. The summed E-state index contributed by atoms with van der Waals surface area (Å²) in [5.41, 5.74) is -0.978. The molecule has 3 fully saturated rings. The molecule has 0 spiro atoms. The molecule has 0 unspecified atom stereocenters. The van der Waals surface area contributed by atoms with Gasteiger partial charge in [-0.1, -0.05) is 0 Å². The third kappa shape index (κ3) is 1.86. The van der Waals surface area contributed by atoms with Crippen molar-refractivity contribution in [3.8, 4) is 0 Å². The quantitative estimate of drug-likeness (QED) is 0.780. The summed E-state index contributed by atoms with van der Waals surface area (Å²) >= 11 is 0. The molecular weight excluding hydrogens is 202 g/mol. The Kier molecular flexibility index (Phi) is 1.47. The van der Waals surface area contributed by atoms with Crippen LogP contribution in [-0.4, -0.2) is 23.6 Å². The Morgan fingerprint density at radius 2 is 1.94 bits per heavy atom. The summed E-state index contributed by atoms with van der Waals surface area (Å²) in [6.45, 7) is -6.26. The van der Waals surface area contributed by atoms with E-state index >= 15 is 0 Å². The lowest BCUT2D eigenvalue weighted by Crippen LogP contribution is -2.52. The number of carbonyl (C=O) groups is 1. The lowest BCUT2D eigenvalue weighted by molar-refractivity contribution is -0.142. The number of carbonyl (C=O) groups excluding carboxylic acids is 1. The van der Waals surface area contributed by atoms with Crippen molar-refractivity contribution in [3.63, 3.8) is 0 Å². The zero-order chi connectivity index (χ0) is 17.7. The van der Waals surface area contributed by atoms with E-state index < -0.39 is 31.0 Å². The van der Waals surface area contributed by atoms with E-state index in [1.807, 2.05) is 5.32 Å². The lowest BCUT2D eigenvalue weighted by atomic mass is 9.53. The van der Waals surface area contributed by atoms with Crippen molar-refractivity contribution >= 4 is 5.91 Å². The fourth-order valence-electron chi connectivity index (χ4n) is 3.09. The lowest BCUT2D eigenvalue weighted by Gasteiger charge is -2.51. The SMILES string of the molecule is [2H]C([2H])([2H])C([2H])(NC(=O)C12CCC(CO)(CC1)CC2)C([2H])([2H])[2H]. The van der Waals surface area contributed by atoms with Crippen LogP contribution in [-0.2, 0) is 4.79 Å². The van der Waals surface area contributed by atoms with E-state index in [0.717, 1.165) is 0 Å². The smallest absolute Gasteiger partial charge is 0.226 e. The second-order valence-electron chi connectivity index (χ2n) is 5.27. The average Bonchev–Trinajstić information content (AvgIpc) is 2.46. The second-order valence-corrected chi connectivity index (χ2v) is 5.27. The van der Waals surface area contributed by atoms with Gasteiger partial charge in [0.1, 0.15) is 0 Å². The van der Waals surface area contributed by atoms with Crippen LogP contribution in [0.1, 0.15) is 61.8 Å². The Hall–Kier alpha value is -0.570. The first-order chi connectivity index (χ1) is 10.3. The van der Waals surface area contributed by atoms with Crippen molar-refractivity contribution in [1.29, 1.82) is 0 Å². The highest BCUT2D eigenvalue weighted by molar-refractivity contribution is 5.83. The molecule has 3 heteroatoms. The predicted octanol–water partition coefficient (Wildman–Crippen LogP) is 1.84. The predicted molar refractivity (Wildman–Crippen MR) is 62.9 cm³/mol. The van der Waals surface area contributed by atoms with Gasteiger partial charge in [-0.25, -0.2) is 0 Å². The first kappa shape index (κ1) is 5.85. The molecule has 92 valence electrons. The van der Waals surface area contributed by atoms with Gasteiger partial charge in [0.2, 0.25) is 5.91 Å². The number of hydrogen-bond donors (Lipinski definition) is 2. The van der Waals surface area contributed by atoms with Gasteiger partial charge in [-0.15, -0.1) is 0 Å². The molecule has 0 atom stereocenters. The Morgan fingerprint density at radius 3 is 2.38 bits per heavy atom. The zero-order valence-electron chi connectivity index (χ0n) is 16.3. The van der Waals surface area contributed by atoms with Gasteiger partial charge in [0.05, 0.1) is 1.37 Å². The maximum Gasteiger partial charge on any atom is 0.226 e. The first-order valence-electron chi connectivity index (χ1n) is 9.25. The molecule has 0 heterocycles. The van der Waals surface area contributed by atoms with E-state index in [-0.39, 0.29) is 12.0 Å². The standard InChI is InChI=1S/C13H23NO2/c1-10(2)14-11(16)13-6-3-12(9-15,4-7-13)5-8-13/h10,15H,3-9H2,1-2H3,(H,14,16)/i1D3,2D3,10D. The minimum atomic E-state index is -3.16. The normalized spacial score (nSPS) is 46.4. The van der Waals surface area contributed by atoms with Gasteiger partial charge in [0, 0.05) is 26.3 Å². The van der Waals surface area contributed by atoms with E-state index in [1.165, 1.54) is 0 Å². The van der Waals surface area contributed by atoms with Crippen molar-refractivity contribution < 1.29 is 19.5 Å². The van der Waals surface area contributed by atoms with Crippen LogP contribution in [0.4, 0.5) is 0 Å². The van der Waals surface area contributed by atoms with Gasteiger partial charge >= 0.3 is 0 Å². The number of fused-ring (bicyclic) bond motifs is 3. The van der Waals surface area contributed by atoms with Crippen LogP contribution < -0.4 is 5.32 Å². The van der Waals surface area contributed by atoms with Crippen molar-refractivity contribution in [2.24, 2.45) is 10.8 Å². The van der Waals surface area contributed by atoms with Crippen molar-refractivity contribution in [2.75, 3.05) is 6.61 Å². The molecule has 3 rings (SSSR count). The van der Waals surface area contributed by atoms with E-state index in [2.05, 4.69) is 0 Å². The van der Waals surface area contributed by atoms with Gasteiger partial charge in [0.15, 0.2) is 0 Å². The van der Waals surface area contributed by atoms with Crippen LogP contribution in [0, 0.1) is 10.8 Å². The largest absolute Gasteiger partial charge is 0.396 e. The molecule has 0 aromatic rings. The Balaban J connectivity index is 2.21. The van der Waals surface area contributed by atoms with Gasteiger partial charge < -0.3 is 10.4 Å². The van der Waals surface area contributed by atoms with Crippen LogP contribution in [0.2, 0.25) is 0 Å². The third-order valence-electron chi connectivity index (χ3n) is 4.46. The third-order valence-corrected chi connectivity index (χ3v) is 4.46. The van der Waals surface area contributed by atoms with E-state index in [0.29, 0.717) is 38.5 Å². The maximum atomic E-state index is 12.7. The molecule has 3 aliphatic rings. The molecule has 0 aromatic carbocycles. The number of amides is 1. The number of aliphatic hydroxyl groups excluding tert-OH is 1. The minimum absolute atomic E-state index is 0.0671. The number of aliphatic hydroxyl groups is 1. The van der Waals surface area contributed by atoms with Crippen LogP contribution in [0.15, 0.2) is 0 Å². The highest BCUT2D eigenvalue weighted by atomic mass is 16.3. The summed E-state index contributed by atoms with van der Waals surface area (Å²) in [6, 6.07) is -3.02. The molecule has 0 radical (unpaired) electrons. The molecule has 0 aromatic heterocycles. The van der Waals surface area contributed by atoms with Crippen LogP contribution >= 0.6 is 0 Å². The summed E-state index contributed by atoms with van der Waals surface area (Å²) in [5.74, 6) is -0.661. The molecule has 2 bridgehead atoms. The maximum absolute atomic E-state index is 12.7. The highest BCUT2D eigenvalue weighted by Gasteiger charge is 2.51. The molecular formula is C13H23NO2. The monoisotopic (exact) mass is 232 g/mol. The second kappa shape index (κ2) is 4.02. The van der Waals surface area contributed by atoms with Crippen LogP contribution in [0.3, 0.4) is 0 Å². The number of rotatable bonds is 3. The Labute approximate surface area is 107 Å². The fourth-order valence-corrected chi connectivity index (χ4v) is 3.09. The summed E-state index contributed by atoms with van der Waals surface area (Å²) in [4.78, 5) is 12.7. The van der Waals surface area contributed by atoms with E-state index in [4.69, 9.17) is 9.60 Å². The fraction of sp³-hybridized carbons (Fsp3) is 0.923. The molecule has 3 saturated carbocycles. The highest BCUT2D eigenvalue weighted by Crippen LogP contribution is 2.56. The van der Waals surface area contributed by atoms with Gasteiger partial charge in [-0.3, -0.25) is 4.79 Å². The molecule has 2 N–H and O–H groups in total. The number of hydrogen-bond acceptors (Lipinski definition) is 2. The molecule has 0 aliphatic heterocycles. The van der Waals surface area contributed by atoms with Crippen LogP contribution in [0.5, 0.6) is 0 Å². The Morgan fingerprint density at radius 1 is 1.38 bits per heavy atom. The van der Waals surface area contributed by atoms with Crippen molar-refractivity contribution in [1.82, 2.24) is 5.32 Å². The molecule has 3 nitrogen and oxygen atoms in total. The Bertz CT molecular complexity index is 447. The molecule has 3 aliphatic carbocycles. The minimum Gasteiger partial charge on any atom is -0.396 e. The first-order valence-corrected chi connectivity index (χ1v) is 5.75. The van der Waals surface area contributed by atoms with E-state index in [1.54, 1.807) is 0 Å². The summed E-state index contributed by atoms with van der Waals surface area (Å²) in [7, 11) is 0. The van der Waals surface area contributed by atoms with Crippen molar-refractivity contribution in [2.45, 2.75) is 58.2 Å². The summed E-state index contributed by atoms with van der Waals surface area (Å²) < 4.78 is 52.2. The van der Waals surface area contributed by atoms with Gasteiger partial charge in [-0.2, -0.15) is 0 Å². The number of nitrogens with one attached hydrogen (secondary N) is 1. The summed E-state index contributed by atoms with van der Waals surface area (Å²) in [6.07, 6.45) is 3.42. The topological polar surface area (TPSA) is 49.3 Å². The van der Waals surface area contributed by atoms with Crippen LogP contribution in [0.25, 0.3) is 0 Å². The average molecular weight is 232 g/mol. The van der Waals surface area contributed by atoms with Gasteiger partial charge in [0.25, 0.3) is 0 Å². The molecule has 0 saturated heterocycles.